The van der Waals surface area contributed by atoms with Crippen LogP contribution < -0.4 is 0 Å². The lowest BCUT2D eigenvalue weighted by molar-refractivity contribution is -0.145. The Labute approximate surface area is 137 Å². The van der Waals surface area contributed by atoms with E-state index in [1.165, 1.54) is 5.56 Å². The molecule has 0 bridgehead atoms. The van der Waals surface area contributed by atoms with Gasteiger partial charge in [0.25, 0.3) is 0 Å². The lowest BCUT2D eigenvalue weighted by Gasteiger charge is -2.21. The number of aryl methyl sites for hydroxylation is 1. The first kappa shape index (κ1) is 17.3. The smallest absolute Gasteiger partial charge is 0.495 e. The molecule has 1 aliphatic heterocycles. The zero-order chi connectivity index (χ0) is 16.8. The van der Waals surface area contributed by atoms with E-state index in [-0.39, 0.29) is 13.1 Å². The van der Waals surface area contributed by atoms with Crippen LogP contribution in [-0.4, -0.2) is 44.1 Å². The fourth-order valence-electron chi connectivity index (χ4n) is 2.45. The number of rotatable bonds is 4. The highest BCUT2D eigenvalue weighted by atomic mass is 16.6. The third kappa shape index (κ3) is 5.25. The molecule has 0 radical (unpaired) electrons. The predicted octanol–water partition coefficient (Wildman–Crippen LogP) is 2.10. The number of benzene rings is 1. The number of nitrogens with zero attached hydrogens (tertiary/aromatic N) is 1. The average Bonchev–Trinajstić information content (AvgIpc) is 2.46. The van der Waals surface area contributed by atoms with Crippen LogP contribution in [0.4, 0.5) is 0 Å². The van der Waals surface area contributed by atoms with Crippen molar-refractivity contribution in [3.8, 4) is 0 Å². The molecule has 122 valence electrons. The molecule has 1 fully saturated rings. The van der Waals surface area contributed by atoms with Crippen LogP contribution in [0.5, 0.6) is 0 Å². The molecule has 6 heteroatoms. The molecule has 0 spiro atoms. The van der Waals surface area contributed by atoms with Crippen molar-refractivity contribution in [2.24, 2.45) is 0 Å². The summed E-state index contributed by atoms with van der Waals surface area (Å²) >= 11 is 0. The first-order valence-electron chi connectivity index (χ1n) is 7.83. The van der Waals surface area contributed by atoms with Gasteiger partial charge in [0.15, 0.2) is 0 Å². The van der Waals surface area contributed by atoms with Gasteiger partial charge >= 0.3 is 19.1 Å². The molecule has 1 saturated heterocycles. The second-order valence-corrected chi connectivity index (χ2v) is 5.82. The van der Waals surface area contributed by atoms with E-state index in [0.29, 0.717) is 0 Å². The summed E-state index contributed by atoms with van der Waals surface area (Å²) < 4.78 is 10.4. The Kier molecular flexibility index (Phi) is 5.99. The summed E-state index contributed by atoms with van der Waals surface area (Å²) in [7, 11) is 0.695. The Morgan fingerprint density at radius 3 is 2.26 bits per heavy atom. The molecule has 0 amide bonds. The van der Waals surface area contributed by atoms with E-state index < -0.39 is 19.1 Å². The molecule has 0 aliphatic carbocycles. The zero-order valence-electron chi connectivity index (χ0n) is 13.9. The van der Waals surface area contributed by atoms with Crippen LogP contribution in [0, 0.1) is 0 Å². The van der Waals surface area contributed by atoms with Crippen LogP contribution in [0.15, 0.2) is 30.2 Å². The summed E-state index contributed by atoms with van der Waals surface area (Å²) in [6.45, 7) is 4.20. The van der Waals surface area contributed by atoms with Crippen molar-refractivity contribution in [2.45, 2.75) is 26.7 Å². The maximum Gasteiger partial charge on any atom is 0.629 e. The quantitative estimate of drug-likeness (QED) is 0.797. The van der Waals surface area contributed by atoms with E-state index in [1.54, 1.807) is 17.9 Å². The molecule has 0 atom stereocenters. The first-order valence-corrected chi connectivity index (χ1v) is 7.83. The average molecular weight is 315 g/mol. The maximum atomic E-state index is 11.7. The van der Waals surface area contributed by atoms with Gasteiger partial charge in [0.1, 0.15) is 0 Å². The van der Waals surface area contributed by atoms with Gasteiger partial charge in [-0.2, -0.15) is 0 Å². The van der Waals surface area contributed by atoms with Crippen molar-refractivity contribution >= 4 is 24.6 Å². The zero-order valence-corrected chi connectivity index (χ0v) is 13.9. The summed E-state index contributed by atoms with van der Waals surface area (Å²) in [5.41, 5.74) is 3.19. The minimum Gasteiger partial charge on any atom is -0.495 e. The van der Waals surface area contributed by atoms with Gasteiger partial charge in [0.2, 0.25) is 0 Å². The highest BCUT2D eigenvalue weighted by Gasteiger charge is 2.29. The standard InChI is InChI=1S/C17H22BNO4/c1-4-5-14-6-8-15(9-7-14)13(2)10-18-22-16(20)11-19(3)12-17(21)23-18/h6-10H,4-5,11-12H2,1-3H3/b13-10+. The maximum absolute atomic E-state index is 11.7. The molecular weight excluding hydrogens is 293 g/mol. The number of allylic oxidation sites excluding steroid dienone is 1. The fraction of sp³-hybridized carbons (Fsp3) is 0.412. The fourth-order valence-corrected chi connectivity index (χ4v) is 2.45. The lowest BCUT2D eigenvalue weighted by Crippen LogP contribution is -2.41. The highest BCUT2D eigenvalue weighted by molar-refractivity contribution is 6.56. The van der Waals surface area contributed by atoms with Crippen molar-refractivity contribution in [1.29, 1.82) is 0 Å². The first-order chi connectivity index (χ1) is 11.0. The van der Waals surface area contributed by atoms with Gasteiger partial charge < -0.3 is 9.31 Å². The topological polar surface area (TPSA) is 55.8 Å². The minimum atomic E-state index is -0.973. The van der Waals surface area contributed by atoms with Gasteiger partial charge in [-0.25, -0.2) is 0 Å². The van der Waals surface area contributed by atoms with Crippen molar-refractivity contribution in [3.05, 3.63) is 41.4 Å². The highest BCUT2D eigenvalue weighted by Crippen LogP contribution is 2.17. The molecule has 1 aliphatic rings. The van der Waals surface area contributed by atoms with Crippen molar-refractivity contribution in [1.82, 2.24) is 4.90 Å². The summed E-state index contributed by atoms with van der Waals surface area (Å²) in [6.07, 6.45) is 2.16. The van der Waals surface area contributed by atoms with Crippen LogP contribution in [0.2, 0.25) is 0 Å². The molecule has 0 aromatic heterocycles. The number of carbonyl (C=O) groups excluding carboxylic acids is 2. The van der Waals surface area contributed by atoms with Crippen LogP contribution >= 0.6 is 0 Å². The summed E-state index contributed by atoms with van der Waals surface area (Å²) in [5, 5.41) is 0. The normalized spacial score (nSPS) is 17.3. The third-order valence-electron chi connectivity index (χ3n) is 3.63. The Morgan fingerprint density at radius 2 is 1.74 bits per heavy atom. The van der Waals surface area contributed by atoms with E-state index in [2.05, 4.69) is 19.1 Å². The third-order valence-corrected chi connectivity index (χ3v) is 3.63. The Balaban J connectivity index is 2.11. The molecule has 23 heavy (non-hydrogen) atoms. The number of hydrogen-bond acceptors (Lipinski definition) is 5. The van der Waals surface area contributed by atoms with Crippen molar-refractivity contribution in [2.75, 3.05) is 20.1 Å². The summed E-state index contributed by atoms with van der Waals surface area (Å²) in [4.78, 5) is 25.0. The van der Waals surface area contributed by atoms with E-state index in [1.807, 2.05) is 19.1 Å². The van der Waals surface area contributed by atoms with E-state index >= 15 is 0 Å². The molecule has 0 saturated carbocycles. The number of likely N-dealkylation sites (N-methyl/N-ethyl adjacent to an activating group) is 1. The molecular formula is C17H22BNO4. The SMILES string of the molecule is CCCc1ccc(/C(C)=C/B2OC(=O)CN(C)CC(=O)O2)cc1. The Bertz CT molecular complexity index is 577. The van der Waals surface area contributed by atoms with Gasteiger partial charge in [-0.3, -0.25) is 14.5 Å². The molecule has 2 rings (SSSR count). The van der Waals surface area contributed by atoms with Gasteiger partial charge in [-0.05, 0) is 43.1 Å². The second-order valence-electron chi connectivity index (χ2n) is 5.82. The van der Waals surface area contributed by atoms with Crippen LogP contribution in [0.25, 0.3) is 5.57 Å². The van der Waals surface area contributed by atoms with Crippen LogP contribution in [0.3, 0.4) is 0 Å². The monoisotopic (exact) mass is 315 g/mol. The van der Waals surface area contributed by atoms with Gasteiger partial charge in [0.05, 0.1) is 13.1 Å². The Hall–Kier alpha value is -2.08. The molecule has 1 aromatic carbocycles. The van der Waals surface area contributed by atoms with Gasteiger partial charge in [-0.1, -0.05) is 37.6 Å². The van der Waals surface area contributed by atoms with Crippen molar-refractivity contribution in [3.63, 3.8) is 0 Å². The molecule has 5 nitrogen and oxygen atoms in total. The number of carbonyl (C=O) groups is 2. The summed E-state index contributed by atoms with van der Waals surface area (Å²) in [5.74, 6) is 0.843. The molecule has 0 unspecified atom stereocenters. The lowest BCUT2D eigenvalue weighted by atomic mass is 9.84. The van der Waals surface area contributed by atoms with Crippen LogP contribution in [-0.2, 0) is 25.3 Å². The second kappa shape index (κ2) is 7.97. The van der Waals surface area contributed by atoms with Crippen LogP contribution in [0.1, 0.15) is 31.4 Å². The van der Waals surface area contributed by atoms with E-state index in [9.17, 15) is 9.59 Å². The van der Waals surface area contributed by atoms with E-state index in [4.69, 9.17) is 9.31 Å². The number of hydrogen-bond donors (Lipinski definition) is 0. The Morgan fingerprint density at radius 1 is 1.17 bits per heavy atom. The largest absolute Gasteiger partial charge is 0.629 e. The van der Waals surface area contributed by atoms with Crippen molar-refractivity contribution < 1.29 is 18.9 Å². The summed E-state index contributed by atoms with van der Waals surface area (Å²) in [6, 6.07) is 8.22. The molecule has 1 aromatic rings. The minimum absolute atomic E-state index is 0.0736. The molecule has 0 N–H and O–H groups in total. The van der Waals surface area contributed by atoms with E-state index in [0.717, 1.165) is 24.0 Å². The van der Waals surface area contributed by atoms with Gasteiger partial charge in [-0.15, -0.1) is 0 Å². The van der Waals surface area contributed by atoms with Gasteiger partial charge in [0, 0.05) is 0 Å². The molecule has 1 heterocycles. The predicted molar refractivity (Wildman–Crippen MR) is 89.5 cm³/mol.